The minimum atomic E-state index is -0.488. The Kier molecular flexibility index (Phi) is 4.72. The molecule has 0 aliphatic heterocycles. The second-order valence-corrected chi connectivity index (χ2v) is 3.47. The zero-order valence-electron chi connectivity index (χ0n) is 9.56. The lowest BCUT2D eigenvalue weighted by molar-refractivity contribution is -0.117. The maximum Gasteiger partial charge on any atom is 0.242 e. The third-order valence-electron chi connectivity index (χ3n) is 2.15. The third kappa shape index (κ3) is 3.51. The highest BCUT2D eigenvalue weighted by atomic mass is 16.5. The van der Waals surface area contributed by atoms with E-state index in [0.29, 0.717) is 18.0 Å². The second-order valence-electron chi connectivity index (χ2n) is 3.47. The topological polar surface area (TPSA) is 77.2 Å². The monoisotopic (exact) mass is 223 g/mol. The molecule has 0 bridgehead atoms. The zero-order valence-corrected chi connectivity index (χ0v) is 9.56. The molecule has 0 spiro atoms. The fourth-order valence-corrected chi connectivity index (χ4v) is 1.27. The lowest BCUT2D eigenvalue weighted by Crippen LogP contribution is -2.35. The SMILES string of the molecule is CCCC(N)C(=O)Nc1cc(OC)ccn1. The predicted octanol–water partition coefficient (Wildman–Crippen LogP) is 1.16. The van der Waals surface area contributed by atoms with Gasteiger partial charge in [-0.3, -0.25) is 4.79 Å². The molecule has 5 heteroatoms. The number of carbonyl (C=O) groups is 1. The lowest BCUT2D eigenvalue weighted by atomic mass is 10.2. The number of anilines is 1. The number of carbonyl (C=O) groups excluding carboxylic acids is 1. The van der Waals surface area contributed by atoms with Crippen LogP contribution in [0, 0.1) is 0 Å². The van der Waals surface area contributed by atoms with Gasteiger partial charge in [0.2, 0.25) is 5.91 Å². The molecule has 1 aromatic heterocycles. The molecule has 0 fully saturated rings. The van der Waals surface area contributed by atoms with Crippen LogP contribution >= 0.6 is 0 Å². The smallest absolute Gasteiger partial charge is 0.242 e. The molecule has 16 heavy (non-hydrogen) atoms. The fourth-order valence-electron chi connectivity index (χ4n) is 1.27. The van der Waals surface area contributed by atoms with E-state index in [9.17, 15) is 4.79 Å². The number of aromatic nitrogens is 1. The highest BCUT2D eigenvalue weighted by molar-refractivity contribution is 5.93. The Morgan fingerprint density at radius 3 is 3.06 bits per heavy atom. The Bertz CT molecular complexity index is 355. The number of pyridine rings is 1. The van der Waals surface area contributed by atoms with Crippen LogP contribution in [0.2, 0.25) is 0 Å². The summed E-state index contributed by atoms with van der Waals surface area (Å²) < 4.78 is 5.02. The Hall–Kier alpha value is -1.62. The molecular formula is C11H17N3O2. The molecule has 1 heterocycles. The first-order chi connectivity index (χ1) is 7.67. The van der Waals surface area contributed by atoms with E-state index in [1.807, 2.05) is 6.92 Å². The van der Waals surface area contributed by atoms with Crippen LogP contribution in [0.3, 0.4) is 0 Å². The molecular weight excluding hydrogens is 206 g/mol. The van der Waals surface area contributed by atoms with Crippen molar-refractivity contribution in [3.8, 4) is 5.75 Å². The summed E-state index contributed by atoms with van der Waals surface area (Å²) in [5, 5.41) is 2.65. The van der Waals surface area contributed by atoms with Crippen LogP contribution in [0.25, 0.3) is 0 Å². The number of nitrogens with two attached hydrogens (primary N) is 1. The number of hydrogen-bond acceptors (Lipinski definition) is 4. The van der Waals surface area contributed by atoms with Gasteiger partial charge >= 0.3 is 0 Å². The largest absolute Gasteiger partial charge is 0.497 e. The van der Waals surface area contributed by atoms with Gasteiger partial charge in [-0.05, 0) is 12.5 Å². The molecule has 88 valence electrons. The molecule has 0 aliphatic carbocycles. The van der Waals surface area contributed by atoms with E-state index < -0.39 is 6.04 Å². The molecule has 0 saturated carbocycles. The van der Waals surface area contributed by atoms with Crippen LogP contribution in [0.4, 0.5) is 5.82 Å². The van der Waals surface area contributed by atoms with Gasteiger partial charge in [0.05, 0.1) is 13.2 Å². The van der Waals surface area contributed by atoms with Crippen molar-refractivity contribution in [3.63, 3.8) is 0 Å². The number of methoxy groups -OCH3 is 1. The summed E-state index contributed by atoms with van der Waals surface area (Å²) in [6.07, 6.45) is 3.11. The van der Waals surface area contributed by atoms with Gasteiger partial charge in [0, 0.05) is 12.3 Å². The Morgan fingerprint density at radius 2 is 2.44 bits per heavy atom. The van der Waals surface area contributed by atoms with Crippen molar-refractivity contribution >= 4 is 11.7 Å². The van der Waals surface area contributed by atoms with Gasteiger partial charge in [0.1, 0.15) is 11.6 Å². The van der Waals surface area contributed by atoms with E-state index in [1.54, 1.807) is 25.4 Å². The van der Waals surface area contributed by atoms with Gasteiger partial charge in [-0.1, -0.05) is 13.3 Å². The van der Waals surface area contributed by atoms with Crippen LogP contribution in [0.5, 0.6) is 5.75 Å². The van der Waals surface area contributed by atoms with Crippen molar-refractivity contribution in [2.24, 2.45) is 5.73 Å². The van der Waals surface area contributed by atoms with Crippen molar-refractivity contribution in [1.29, 1.82) is 0 Å². The maximum atomic E-state index is 11.6. The van der Waals surface area contributed by atoms with Crippen molar-refractivity contribution in [2.45, 2.75) is 25.8 Å². The molecule has 0 aromatic carbocycles. The predicted molar refractivity (Wildman–Crippen MR) is 62.3 cm³/mol. The van der Waals surface area contributed by atoms with Crippen LogP contribution in [0.1, 0.15) is 19.8 Å². The van der Waals surface area contributed by atoms with Gasteiger partial charge in [-0.2, -0.15) is 0 Å². The van der Waals surface area contributed by atoms with Crippen LogP contribution in [-0.2, 0) is 4.79 Å². The van der Waals surface area contributed by atoms with Gasteiger partial charge in [-0.25, -0.2) is 4.98 Å². The summed E-state index contributed by atoms with van der Waals surface area (Å²) in [6, 6.07) is 2.87. The normalized spacial score (nSPS) is 11.9. The lowest BCUT2D eigenvalue weighted by Gasteiger charge is -2.10. The number of nitrogens with zero attached hydrogens (tertiary/aromatic N) is 1. The molecule has 5 nitrogen and oxygen atoms in total. The van der Waals surface area contributed by atoms with Gasteiger partial charge in [-0.15, -0.1) is 0 Å². The van der Waals surface area contributed by atoms with E-state index in [-0.39, 0.29) is 5.91 Å². The second kappa shape index (κ2) is 6.07. The van der Waals surface area contributed by atoms with Crippen LogP contribution in [0.15, 0.2) is 18.3 Å². The minimum absolute atomic E-state index is 0.220. The Balaban J connectivity index is 2.61. The fraction of sp³-hybridized carbons (Fsp3) is 0.455. The quantitative estimate of drug-likeness (QED) is 0.785. The number of hydrogen-bond donors (Lipinski definition) is 2. The van der Waals surface area contributed by atoms with Crippen molar-refractivity contribution < 1.29 is 9.53 Å². The molecule has 1 aromatic rings. The maximum absolute atomic E-state index is 11.6. The third-order valence-corrected chi connectivity index (χ3v) is 2.15. The van der Waals surface area contributed by atoms with Gasteiger partial charge in [0.25, 0.3) is 0 Å². The molecule has 1 rings (SSSR count). The number of nitrogens with one attached hydrogen (secondary N) is 1. The standard InChI is InChI=1S/C11H17N3O2/c1-3-4-9(12)11(15)14-10-7-8(16-2)5-6-13-10/h5-7,9H,3-4,12H2,1-2H3,(H,13,14,15). The summed E-state index contributed by atoms with van der Waals surface area (Å²) in [5.74, 6) is 0.882. The molecule has 3 N–H and O–H groups in total. The average Bonchev–Trinajstić information content (AvgIpc) is 2.29. The molecule has 0 saturated heterocycles. The zero-order chi connectivity index (χ0) is 12.0. The summed E-state index contributed by atoms with van der Waals surface area (Å²) in [5.41, 5.74) is 5.68. The van der Waals surface area contributed by atoms with Crippen molar-refractivity contribution in [3.05, 3.63) is 18.3 Å². The van der Waals surface area contributed by atoms with Crippen molar-refractivity contribution in [1.82, 2.24) is 4.98 Å². The summed E-state index contributed by atoms with van der Waals surface area (Å²) >= 11 is 0. The summed E-state index contributed by atoms with van der Waals surface area (Å²) in [7, 11) is 1.56. The first-order valence-corrected chi connectivity index (χ1v) is 5.24. The first kappa shape index (κ1) is 12.4. The van der Waals surface area contributed by atoms with E-state index in [1.165, 1.54) is 0 Å². The highest BCUT2D eigenvalue weighted by Gasteiger charge is 2.12. The Morgan fingerprint density at radius 1 is 1.69 bits per heavy atom. The molecule has 0 aliphatic rings. The summed E-state index contributed by atoms with van der Waals surface area (Å²) in [6.45, 7) is 1.98. The van der Waals surface area contributed by atoms with E-state index in [2.05, 4.69) is 10.3 Å². The van der Waals surface area contributed by atoms with Crippen LogP contribution in [-0.4, -0.2) is 24.0 Å². The Labute approximate surface area is 95.0 Å². The highest BCUT2D eigenvalue weighted by Crippen LogP contribution is 2.13. The van der Waals surface area contributed by atoms with Crippen molar-refractivity contribution in [2.75, 3.05) is 12.4 Å². The first-order valence-electron chi connectivity index (χ1n) is 5.24. The van der Waals surface area contributed by atoms with E-state index in [0.717, 1.165) is 6.42 Å². The number of rotatable bonds is 5. The summed E-state index contributed by atoms with van der Waals surface area (Å²) in [4.78, 5) is 15.6. The molecule has 1 atom stereocenters. The van der Waals surface area contributed by atoms with Crippen LogP contribution < -0.4 is 15.8 Å². The number of amides is 1. The van der Waals surface area contributed by atoms with Gasteiger partial charge in [0.15, 0.2) is 0 Å². The van der Waals surface area contributed by atoms with Gasteiger partial charge < -0.3 is 15.8 Å². The molecule has 1 amide bonds. The number of ether oxygens (including phenoxy) is 1. The minimum Gasteiger partial charge on any atom is -0.497 e. The van der Waals surface area contributed by atoms with E-state index in [4.69, 9.17) is 10.5 Å². The van der Waals surface area contributed by atoms with E-state index >= 15 is 0 Å². The average molecular weight is 223 g/mol. The molecule has 1 unspecified atom stereocenters. The molecule has 0 radical (unpaired) electrons.